The zero-order valence-electron chi connectivity index (χ0n) is 17.1. The quantitative estimate of drug-likeness (QED) is 0.609. The van der Waals surface area contributed by atoms with Crippen molar-refractivity contribution in [2.45, 2.75) is 38.5 Å². The normalized spacial score (nSPS) is 15.4. The molecular weight excluding hydrogens is 404 g/mol. The fourth-order valence-electron chi connectivity index (χ4n) is 3.96. The maximum Gasteiger partial charge on any atom is 0.387 e. The molecule has 2 aromatic carbocycles. The van der Waals surface area contributed by atoms with E-state index in [1.54, 1.807) is 12.3 Å². The van der Waals surface area contributed by atoms with Gasteiger partial charge in [0.25, 0.3) is 5.91 Å². The van der Waals surface area contributed by atoms with Gasteiger partial charge in [0.15, 0.2) is 11.5 Å². The van der Waals surface area contributed by atoms with E-state index >= 15 is 0 Å². The van der Waals surface area contributed by atoms with Crippen molar-refractivity contribution in [2.75, 3.05) is 7.11 Å². The molecule has 1 N–H and O–H groups in total. The number of rotatable bonds is 7. The van der Waals surface area contributed by atoms with Crippen LogP contribution in [0.5, 0.6) is 11.5 Å². The SMILES string of the molecule is COc1cccc(C(=O)NC2CCCc3c2cnn3Cc2ccccc2)c1OC(F)F. The van der Waals surface area contributed by atoms with Gasteiger partial charge in [-0.3, -0.25) is 9.48 Å². The minimum Gasteiger partial charge on any atom is -0.493 e. The van der Waals surface area contributed by atoms with Gasteiger partial charge in [0.2, 0.25) is 0 Å². The van der Waals surface area contributed by atoms with E-state index in [2.05, 4.69) is 15.2 Å². The summed E-state index contributed by atoms with van der Waals surface area (Å²) in [5.41, 5.74) is 3.18. The van der Waals surface area contributed by atoms with Crippen molar-refractivity contribution < 1.29 is 23.0 Å². The third-order valence-electron chi connectivity index (χ3n) is 5.39. The van der Waals surface area contributed by atoms with Gasteiger partial charge in [-0.25, -0.2) is 0 Å². The number of nitrogens with one attached hydrogen (secondary N) is 1. The fourth-order valence-corrected chi connectivity index (χ4v) is 3.96. The van der Waals surface area contributed by atoms with E-state index in [9.17, 15) is 13.6 Å². The molecule has 1 aliphatic carbocycles. The van der Waals surface area contributed by atoms with Crippen LogP contribution in [0.3, 0.4) is 0 Å². The molecule has 3 aromatic rings. The fraction of sp³-hybridized carbons (Fsp3) is 0.304. The van der Waals surface area contributed by atoms with E-state index < -0.39 is 12.5 Å². The summed E-state index contributed by atoms with van der Waals surface area (Å²) in [5, 5.41) is 7.49. The van der Waals surface area contributed by atoms with Gasteiger partial charge in [-0.1, -0.05) is 36.4 Å². The van der Waals surface area contributed by atoms with Gasteiger partial charge in [0.1, 0.15) is 0 Å². The Kier molecular flexibility index (Phi) is 6.16. The van der Waals surface area contributed by atoms with E-state index in [4.69, 9.17) is 4.74 Å². The summed E-state index contributed by atoms with van der Waals surface area (Å²) in [6.45, 7) is -2.42. The number of benzene rings is 2. The molecule has 1 aliphatic rings. The van der Waals surface area contributed by atoms with Gasteiger partial charge in [0.05, 0.1) is 31.5 Å². The first-order chi connectivity index (χ1) is 15.1. The lowest BCUT2D eigenvalue weighted by Gasteiger charge is -2.25. The molecule has 0 spiro atoms. The van der Waals surface area contributed by atoms with Crippen molar-refractivity contribution in [1.82, 2.24) is 15.1 Å². The Balaban J connectivity index is 1.56. The number of hydrogen-bond acceptors (Lipinski definition) is 4. The van der Waals surface area contributed by atoms with Crippen LogP contribution in [0.1, 0.15) is 46.1 Å². The topological polar surface area (TPSA) is 65.4 Å². The lowest BCUT2D eigenvalue weighted by atomic mass is 9.92. The van der Waals surface area contributed by atoms with Crippen molar-refractivity contribution >= 4 is 5.91 Å². The number of hydrogen-bond donors (Lipinski definition) is 1. The van der Waals surface area contributed by atoms with E-state index in [-0.39, 0.29) is 23.1 Å². The molecule has 8 heteroatoms. The van der Waals surface area contributed by atoms with Crippen molar-refractivity contribution in [1.29, 1.82) is 0 Å². The van der Waals surface area contributed by atoms with Gasteiger partial charge >= 0.3 is 6.61 Å². The van der Waals surface area contributed by atoms with Crippen LogP contribution >= 0.6 is 0 Å². The molecule has 0 bridgehead atoms. The zero-order chi connectivity index (χ0) is 21.8. The average Bonchev–Trinajstić information content (AvgIpc) is 3.18. The number of carbonyl (C=O) groups excluding carboxylic acids is 1. The van der Waals surface area contributed by atoms with Gasteiger partial charge in [0, 0.05) is 11.3 Å². The summed E-state index contributed by atoms with van der Waals surface area (Å²) in [7, 11) is 1.34. The van der Waals surface area contributed by atoms with Crippen LogP contribution < -0.4 is 14.8 Å². The number of nitrogens with zero attached hydrogens (tertiary/aromatic N) is 2. The maximum absolute atomic E-state index is 13.0. The first-order valence-corrected chi connectivity index (χ1v) is 10.1. The lowest BCUT2D eigenvalue weighted by Crippen LogP contribution is -2.31. The van der Waals surface area contributed by atoms with Crippen molar-refractivity contribution in [2.24, 2.45) is 0 Å². The summed E-state index contributed by atoms with van der Waals surface area (Å²) in [6, 6.07) is 14.3. The third kappa shape index (κ3) is 4.52. The van der Waals surface area contributed by atoms with Crippen LogP contribution in [0.15, 0.2) is 54.7 Å². The standard InChI is InChI=1S/C23H23F2N3O3/c1-30-20-12-5-9-16(21(20)31-23(24)25)22(29)27-18-10-6-11-19-17(18)13-26-28(19)14-15-7-3-2-4-8-15/h2-5,7-9,12-13,18,23H,6,10-11,14H2,1H3,(H,27,29). The zero-order valence-corrected chi connectivity index (χ0v) is 17.1. The molecule has 6 nitrogen and oxygen atoms in total. The maximum atomic E-state index is 13.0. The Morgan fingerprint density at radius 2 is 2.03 bits per heavy atom. The number of fused-ring (bicyclic) bond motifs is 1. The van der Waals surface area contributed by atoms with Crippen molar-refractivity contribution in [3.63, 3.8) is 0 Å². The molecular formula is C23H23F2N3O3. The highest BCUT2D eigenvalue weighted by Crippen LogP contribution is 2.34. The Morgan fingerprint density at radius 1 is 1.23 bits per heavy atom. The minimum absolute atomic E-state index is 0.00320. The van der Waals surface area contributed by atoms with E-state index in [1.807, 2.05) is 35.0 Å². The lowest BCUT2D eigenvalue weighted by molar-refractivity contribution is -0.0515. The van der Waals surface area contributed by atoms with Gasteiger partial charge in [-0.05, 0) is 37.0 Å². The smallest absolute Gasteiger partial charge is 0.387 e. The molecule has 0 radical (unpaired) electrons. The second-order valence-corrected chi connectivity index (χ2v) is 7.32. The number of para-hydroxylation sites is 1. The number of alkyl halides is 2. The molecule has 1 atom stereocenters. The van der Waals surface area contributed by atoms with Gasteiger partial charge < -0.3 is 14.8 Å². The van der Waals surface area contributed by atoms with Gasteiger partial charge in [-0.15, -0.1) is 0 Å². The molecule has 162 valence electrons. The Morgan fingerprint density at radius 3 is 2.77 bits per heavy atom. The number of amides is 1. The van der Waals surface area contributed by atoms with Crippen LogP contribution in [0.25, 0.3) is 0 Å². The highest BCUT2D eigenvalue weighted by Gasteiger charge is 2.28. The number of ether oxygens (including phenoxy) is 2. The second-order valence-electron chi connectivity index (χ2n) is 7.32. The largest absolute Gasteiger partial charge is 0.493 e. The van der Waals surface area contributed by atoms with Gasteiger partial charge in [-0.2, -0.15) is 13.9 Å². The van der Waals surface area contributed by atoms with E-state index in [1.165, 1.54) is 19.2 Å². The molecule has 1 amide bonds. The van der Waals surface area contributed by atoms with Crippen molar-refractivity contribution in [3.05, 3.63) is 77.1 Å². The predicted octanol–water partition coefficient (Wildman–Crippen LogP) is 4.35. The molecule has 31 heavy (non-hydrogen) atoms. The Labute approximate surface area is 178 Å². The van der Waals surface area contributed by atoms with Crippen LogP contribution in [0.4, 0.5) is 8.78 Å². The predicted molar refractivity (Wildman–Crippen MR) is 111 cm³/mol. The molecule has 1 unspecified atom stereocenters. The summed E-state index contributed by atoms with van der Waals surface area (Å²) < 4.78 is 37.4. The molecule has 1 heterocycles. The molecule has 4 rings (SSSR count). The highest BCUT2D eigenvalue weighted by molar-refractivity contribution is 5.98. The molecule has 0 saturated heterocycles. The number of carbonyl (C=O) groups is 1. The van der Waals surface area contributed by atoms with E-state index in [0.29, 0.717) is 6.54 Å². The Hall–Kier alpha value is -3.42. The molecule has 1 aromatic heterocycles. The van der Waals surface area contributed by atoms with Crippen LogP contribution in [-0.4, -0.2) is 29.4 Å². The summed E-state index contributed by atoms with van der Waals surface area (Å²) >= 11 is 0. The Bertz CT molecular complexity index is 1050. The molecule has 0 aliphatic heterocycles. The summed E-state index contributed by atoms with van der Waals surface area (Å²) in [5.74, 6) is -0.690. The highest BCUT2D eigenvalue weighted by atomic mass is 19.3. The average molecular weight is 427 g/mol. The molecule has 0 saturated carbocycles. The van der Waals surface area contributed by atoms with Crippen LogP contribution in [0.2, 0.25) is 0 Å². The third-order valence-corrected chi connectivity index (χ3v) is 5.39. The number of methoxy groups -OCH3 is 1. The van der Waals surface area contributed by atoms with Crippen LogP contribution in [0, 0.1) is 0 Å². The van der Waals surface area contributed by atoms with Crippen LogP contribution in [-0.2, 0) is 13.0 Å². The minimum atomic E-state index is -3.07. The first kappa shape index (κ1) is 20.8. The summed E-state index contributed by atoms with van der Waals surface area (Å²) in [4.78, 5) is 13.0. The second kappa shape index (κ2) is 9.16. The monoisotopic (exact) mass is 427 g/mol. The molecule has 0 fully saturated rings. The van der Waals surface area contributed by atoms with E-state index in [0.717, 1.165) is 36.1 Å². The first-order valence-electron chi connectivity index (χ1n) is 10.1. The number of halogens is 2. The van der Waals surface area contributed by atoms with Crippen molar-refractivity contribution in [3.8, 4) is 11.5 Å². The number of aromatic nitrogens is 2. The summed E-state index contributed by atoms with van der Waals surface area (Å²) in [6.07, 6.45) is 4.28.